The van der Waals surface area contributed by atoms with E-state index in [1.807, 2.05) is 30.1 Å². The quantitative estimate of drug-likeness (QED) is 0.878. The first kappa shape index (κ1) is 15.7. The van der Waals surface area contributed by atoms with Gasteiger partial charge in [0, 0.05) is 52.0 Å². The van der Waals surface area contributed by atoms with Crippen LogP contribution in [0.4, 0.5) is 5.82 Å². The smallest absolute Gasteiger partial charge is 0.266 e. The van der Waals surface area contributed by atoms with Crippen molar-refractivity contribution in [3.63, 3.8) is 0 Å². The van der Waals surface area contributed by atoms with E-state index in [2.05, 4.69) is 20.4 Å². The van der Waals surface area contributed by atoms with Crippen molar-refractivity contribution in [1.82, 2.24) is 24.9 Å². The first-order valence-corrected chi connectivity index (χ1v) is 8.14. The number of piperidine rings is 1. The molecule has 7 heteroatoms. The van der Waals surface area contributed by atoms with E-state index in [0.29, 0.717) is 6.04 Å². The van der Waals surface area contributed by atoms with Crippen LogP contribution < -0.4 is 15.8 Å². The Hall–Kier alpha value is -2.15. The highest BCUT2D eigenvalue weighted by Gasteiger charge is 2.23. The zero-order chi connectivity index (χ0) is 16.2. The van der Waals surface area contributed by atoms with Crippen LogP contribution in [0.25, 0.3) is 0 Å². The number of hydrogen-bond acceptors (Lipinski definition) is 5. The van der Waals surface area contributed by atoms with Crippen molar-refractivity contribution >= 4 is 5.82 Å². The Labute approximate surface area is 135 Å². The maximum Gasteiger partial charge on any atom is 0.266 e. The number of nitrogens with one attached hydrogen (secondary N) is 1. The molecule has 1 aliphatic heterocycles. The molecule has 1 unspecified atom stereocenters. The summed E-state index contributed by atoms with van der Waals surface area (Å²) in [5, 5.41) is 12.1. The van der Waals surface area contributed by atoms with Gasteiger partial charge in [0.1, 0.15) is 5.82 Å². The van der Waals surface area contributed by atoms with Gasteiger partial charge < -0.3 is 10.2 Å². The van der Waals surface area contributed by atoms with E-state index in [9.17, 15) is 4.79 Å². The van der Waals surface area contributed by atoms with Crippen molar-refractivity contribution in [2.45, 2.75) is 31.8 Å². The minimum absolute atomic E-state index is 0.0726. The summed E-state index contributed by atoms with van der Waals surface area (Å²) < 4.78 is 3.30. The van der Waals surface area contributed by atoms with E-state index in [1.165, 1.54) is 23.2 Å². The van der Waals surface area contributed by atoms with Gasteiger partial charge in [-0.1, -0.05) is 0 Å². The summed E-state index contributed by atoms with van der Waals surface area (Å²) in [6.45, 7) is 2.69. The van der Waals surface area contributed by atoms with Crippen LogP contribution in [-0.4, -0.2) is 38.7 Å². The van der Waals surface area contributed by atoms with Gasteiger partial charge in [-0.3, -0.25) is 9.48 Å². The van der Waals surface area contributed by atoms with Gasteiger partial charge >= 0.3 is 0 Å². The highest BCUT2D eigenvalue weighted by atomic mass is 16.1. The molecule has 0 spiro atoms. The Morgan fingerprint density at radius 1 is 1.22 bits per heavy atom. The van der Waals surface area contributed by atoms with Gasteiger partial charge in [0.05, 0.1) is 5.69 Å². The Bertz CT molecular complexity index is 707. The average molecular weight is 316 g/mol. The van der Waals surface area contributed by atoms with Crippen LogP contribution in [0.5, 0.6) is 0 Å². The maximum atomic E-state index is 11.5. The number of aryl methyl sites for hydroxylation is 2. The number of anilines is 1. The largest absolute Gasteiger partial charge is 0.351 e. The molecule has 0 aliphatic carbocycles. The van der Waals surface area contributed by atoms with Gasteiger partial charge in [0.15, 0.2) is 0 Å². The first-order chi connectivity index (χ1) is 11.1. The van der Waals surface area contributed by atoms with Gasteiger partial charge in [0.25, 0.3) is 5.56 Å². The minimum atomic E-state index is -0.0726. The molecule has 1 fully saturated rings. The fourth-order valence-electron chi connectivity index (χ4n) is 3.10. The predicted molar refractivity (Wildman–Crippen MR) is 89.4 cm³/mol. The Kier molecular flexibility index (Phi) is 4.76. The van der Waals surface area contributed by atoms with Crippen molar-refractivity contribution in [2.75, 3.05) is 18.0 Å². The topological polar surface area (TPSA) is 68.0 Å². The average Bonchev–Trinajstić information content (AvgIpc) is 2.96. The van der Waals surface area contributed by atoms with Crippen molar-refractivity contribution in [1.29, 1.82) is 0 Å². The standard InChI is InChI=1S/C16H24N6O/c1-20-13(8-9-18-20)11-17-12-14-5-3-4-10-22(14)15-6-7-16(23)21(2)19-15/h6-9,14,17H,3-5,10-12H2,1-2H3. The van der Waals surface area contributed by atoms with E-state index < -0.39 is 0 Å². The van der Waals surface area contributed by atoms with Crippen LogP contribution in [0.3, 0.4) is 0 Å². The Morgan fingerprint density at radius 3 is 2.83 bits per heavy atom. The minimum Gasteiger partial charge on any atom is -0.351 e. The van der Waals surface area contributed by atoms with Gasteiger partial charge in [-0.25, -0.2) is 4.68 Å². The van der Waals surface area contributed by atoms with Crippen LogP contribution in [0.2, 0.25) is 0 Å². The van der Waals surface area contributed by atoms with E-state index in [0.717, 1.165) is 31.9 Å². The number of aromatic nitrogens is 4. The second kappa shape index (κ2) is 6.95. The fourth-order valence-corrected chi connectivity index (χ4v) is 3.10. The number of nitrogens with zero attached hydrogens (tertiary/aromatic N) is 5. The van der Waals surface area contributed by atoms with E-state index >= 15 is 0 Å². The van der Waals surface area contributed by atoms with E-state index in [-0.39, 0.29) is 5.56 Å². The van der Waals surface area contributed by atoms with Crippen LogP contribution in [0.1, 0.15) is 25.0 Å². The summed E-state index contributed by atoms with van der Waals surface area (Å²) in [5.41, 5.74) is 1.10. The third-order valence-electron chi connectivity index (χ3n) is 4.48. The third kappa shape index (κ3) is 3.61. The molecule has 0 aromatic carbocycles. The SMILES string of the molecule is Cn1nccc1CNCC1CCCCN1c1ccc(=O)n(C)n1. The zero-order valence-corrected chi connectivity index (χ0v) is 13.8. The molecule has 124 valence electrons. The second-order valence-electron chi connectivity index (χ2n) is 6.07. The lowest BCUT2D eigenvalue weighted by atomic mass is 10.0. The zero-order valence-electron chi connectivity index (χ0n) is 13.8. The van der Waals surface area contributed by atoms with E-state index in [1.54, 1.807) is 13.1 Å². The lowest BCUT2D eigenvalue weighted by molar-refractivity contribution is 0.426. The first-order valence-electron chi connectivity index (χ1n) is 8.14. The summed E-state index contributed by atoms with van der Waals surface area (Å²) >= 11 is 0. The molecular weight excluding hydrogens is 292 g/mol. The molecular formula is C16H24N6O. The Morgan fingerprint density at radius 2 is 2.09 bits per heavy atom. The van der Waals surface area contributed by atoms with Gasteiger partial charge in [-0.05, 0) is 31.4 Å². The number of rotatable bonds is 5. The normalized spacial score (nSPS) is 18.3. The molecule has 2 aromatic heterocycles. The molecule has 3 heterocycles. The molecule has 0 radical (unpaired) electrons. The number of hydrogen-bond donors (Lipinski definition) is 1. The molecule has 1 saturated heterocycles. The summed E-state index contributed by atoms with van der Waals surface area (Å²) in [4.78, 5) is 13.9. The lowest BCUT2D eigenvalue weighted by Crippen LogP contribution is -2.46. The summed E-state index contributed by atoms with van der Waals surface area (Å²) in [7, 11) is 3.66. The maximum absolute atomic E-state index is 11.5. The molecule has 1 N–H and O–H groups in total. The molecule has 0 saturated carbocycles. The molecule has 3 rings (SSSR count). The molecule has 0 amide bonds. The van der Waals surface area contributed by atoms with Crippen LogP contribution >= 0.6 is 0 Å². The third-order valence-corrected chi connectivity index (χ3v) is 4.48. The molecule has 7 nitrogen and oxygen atoms in total. The van der Waals surface area contributed by atoms with Gasteiger partial charge in [-0.2, -0.15) is 10.2 Å². The Balaban J connectivity index is 1.65. The summed E-state index contributed by atoms with van der Waals surface area (Å²) in [6.07, 6.45) is 5.37. The highest BCUT2D eigenvalue weighted by Crippen LogP contribution is 2.21. The molecule has 1 aliphatic rings. The molecule has 23 heavy (non-hydrogen) atoms. The second-order valence-corrected chi connectivity index (χ2v) is 6.07. The molecule has 0 bridgehead atoms. The van der Waals surface area contributed by atoms with Crippen LogP contribution in [0.15, 0.2) is 29.2 Å². The molecule has 1 atom stereocenters. The fraction of sp³-hybridized carbons (Fsp3) is 0.562. The van der Waals surface area contributed by atoms with Crippen LogP contribution in [0, 0.1) is 0 Å². The van der Waals surface area contributed by atoms with Gasteiger partial charge in [0.2, 0.25) is 0 Å². The van der Waals surface area contributed by atoms with Crippen LogP contribution in [-0.2, 0) is 20.6 Å². The lowest BCUT2D eigenvalue weighted by Gasteiger charge is -2.36. The van der Waals surface area contributed by atoms with Gasteiger partial charge in [-0.15, -0.1) is 0 Å². The molecule has 2 aromatic rings. The monoisotopic (exact) mass is 316 g/mol. The highest BCUT2D eigenvalue weighted by molar-refractivity contribution is 5.38. The summed E-state index contributed by atoms with van der Waals surface area (Å²) in [6, 6.07) is 5.86. The van der Waals surface area contributed by atoms with E-state index in [4.69, 9.17) is 0 Å². The predicted octanol–water partition coefficient (Wildman–Crippen LogP) is 0.663. The summed E-state index contributed by atoms with van der Waals surface area (Å²) in [5.74, 6) is 0.888. The van der Waals surface area contributed by atoms with Crippen molar-refractivity contribution < 1.29 is 0 Å². The van der Waals surface area contributed by atoms with Crippen molar-refractivity contribution in [3.05, 3.63) is 40.4 Å². The van der Waals surface area contributed by atoms with Crippen molar-refractivity contribution in [3.8, 4) is 0 Å². The van der Waals surface area contributed by atoms with Crippen molar-refractivity contribution in [2.24, 2.45) is 14.1 Å².